The van der Waals surface area contributed by atoms with Crippen LogP contribution in [0.4, 0.5) is 18.9 Å². The van der Waals surface area contributed by atoms with E-state index in [2.05, 4.69) is 10.1 Å². The summed E-state index contributed by atoms with van der Waals surface area (Å²) in [6.07, 6.45) is -0.374. The number of carbonyl (C=O) groups is 2. The lowest BCUT2D eigenvalue weighted by molar-refractivity contribution is -0.123. The van der Waals surface area contributed by atoms with E-state index in [4.69, 9.17) is 11.5 Å². The molecule has 0 spiro atoms. The third-order valence-corrected chi connectivity index (χ3v) is 2.17. The zero-order valence-electron chi connectivity index (χ0n) is 10.5. The highest BCUT2D eigenvalue weighted by molar-refractivity contribution is 5.97. The minimum absolute atomic E-state index is 0. The Balaban J connectivity index is 0.00000400. The van der Waals surface area contributed by atoms with Crippen molar-refractivity contribution in [3.05, 3.63) is 24.0 Å². The molecule has 21 heavy (non-hydrogen) atoms. The highest BCUT2D eigenvalue weighted by Crippen LogP contribution is 2.22. The van der Waals surface area contributed by atoms with Gasteiger partial charge >= 0.3 is 6.61 Å². The number of benzene rings is 1. The molecule has 10 heteroatoms. The molecule has 0 aliphatic rings. The van der Waals surface area contributed by atoms with Crippen molar-refractivity contribution < 1.29 is 27.5 Å². The Hall–Kier alpha value is -2.00. The molecular formula is C11H13ClF3N3O3. The van der Waals surface area contributed by atoms with Gasteiger partial charge in [0.1, 0.15) is 0 Å². The lowest BCUT2D eigenvalue weighted by atomic mass is 10.2. The molecule has 6 nitrogen and oxygen atoms in total. The second kappa shape index (κ2) is 8.32. The Morgan fingerprint density at radius 3 is 2.43 bits per heavy atom. The second-order valence-corrected chi connectivity index (χ2v) is 3.79. The first-order chi connectivity index (χ1) is 9.29. The van der Waals surface area contributed by atoms with E-state index in [9.17, 15) is 22.8 Å². The molecule has 0 saturated carbocycles. The van der Waals surface area contributed by atoms with E-state index >= 15 is 0 Å². The topological polar surface area (TPSA) is 107 Å². The van der Waals surface area contributed by atoms with Crippen LogP contribution in [0.15, 0.2) is 18.2 Å². The Morgan fingerprint density at radius 1 is 1.33 bits per heavy atom. The van der Waals surface area contributed by atoms with Crippen LogP contribution >= 0.6 is 12.4 Å². The maximum Gasteiger partial charge on any atom is 0.387 e. The van der Waals surface area contributed by atoms with E-state index in [1.165, 1.54) is 0 Å². The molecule has 0 aliphatic carbocycles. The van der Waals surface area contributed by atoms with Crippen molar-refractivity contribution in [1.29, 1.82) is 0 Å². The van der Waals surface area contributed by atoms with Crippen LogP contribution in [-0.4, -0.2) is 24.5 Å². The van der Waals surface area contributed by atoms with Gasteiger partial charge in [0.05, 0.1) is 12.5 Å². The number of anilines is 1. The number of carbonyl (C=O) groups excluding carboxylic acids is 2. The summed E-state index contributed by atoms with van der Waals surface area (Å²) in [6, 6.07) is 1.67. The Kier molecular flexibility index (Phi) is 7.53. The number of nitrogens with two attached hydrogens (primary N) is 2. The van der Waals surface area contributed by atoms with Crippen LogP contribution in [0.3, 0.4) is 0 Å². The smallest absolute Gasteiger partial charge is 0.387 e. The van der Waals surface area contributed by atoms with Crippen LogP contribution < -0.4 is 21.5 Å². The summed E-state index contributed by atoms with van der Waals surface area (Å²) in [7, 11) is 0. The number of hydrogen-bond acceptors (Lipinski definition) is 4. The molecule has 1 aromatic rings. The molecule has 5 N–H and O–H groups in total. The fourth-order valence-corrected chi connectivity index (χ4v) is 1.31. The maximum atomic E-state index is 13.4. The first kappa shape index (κ1) is 19.0. The number of rotatable bonds is 6. The average Bonchev–Trinajstić information content (AvgIpc) is 2.31. The van der Waals surface area contributed by atoms with Crippen LogP contribution in [0.25, 0.3) is 0 Å². The summed E-state index contributed by atoms with van der Waals surface area (Å²) in [5.74, 6) is -3.25. The fraction of sp³-hybridized carbons (Fsp3) is 0.273. The van der Waals surface area contributed by atoms with Gasteiger partial charge in [-0.25, -0.2) is 4.39 Å². The maximum absolute atomic E-state index is 13.4. The van der Waals surface area contributed by atoms with Crippen LogP contribution in [-0.2, 0) is 9.59 Å². The van der Waals surface area contributed by atoms with Crippen LogP contribution in [0.2, 0.25) is 0 Å². The number of halogens is 4. The van der Waals surface area contributed by atoms with E-state index in [1.807, 2.05) is 0 Å². The number of ether oxygens (including phenoxy) is 1. The molecule has 1 rings (SSSR count). The Labute approximate surface area is 124 Å². The van der Waals surface area contributed by atoms with Gasteiger partial charge in [0.25, 0.3) is 0 Å². The molecule has 0 aliphatic heterocycles. The largest absolute Gasteiger partial charge is 0.432 e. The number of amides is 2. The average molecular weight is 328 g/mol. The highest BCUT2D eigenvalue weighted by Gasteiger charge is 2.17. The molecule has 1 aromatic carbocycles. The zero-order chi connectivity index (χ0) is 15.3. The minimum atomic E-state index is -3.16. The van der Waals surface area contributed by atoms with Crippen molar-refractivity contribution in [2.24, 2.45) is 11.5 Å². The van der Waals surface area contributed by atoms with Gasteiger partial charge < -0.3 is 21.5 Å². The van der Waals surface area contributed by atoms with Crippen molar-refractivity contribution in [3.63, 3.8) is 0 Å². The summed E-state index contributed by atoms with van der Waals surface area (Å²) in [5, 5.41) is 2.21. The Bertz CT molecular complexity index is 517. The van der Waals surface area contributed by atoms with Gasteiger partial charge in [-0.3, -0.25) is 9.59 Å². The molecule has 0 radical (unpaired) electrons. The van der Waals surface area contributed by atoms with Crippen molar-refractivity contribution in [2.45, 2.75) is 19.1 Å². The third-order valence-electron chi connectivity index (χ3n) is 2.17. The number of primary amides is 1. The van der Waals surface area contributed by atoms with E-state index in [0.717, 1.165) is 18.2 Å². The van der Waals surface area contributed by atoms with E-state index in [1.54, 1.807) is 0 Å². The number of alkyl halides is 2. The summed E-state index contributed by atoms with van der Waals surface area (Å²) in [4.78, 5) is 22.1. The zero-order valence-corrected chi connectivity index (χ0v) is 11.3. The first-order valence-corrected chi connectivity index (χ1v) is 5.38. The van der Waals surface area contributed by atoms with Crippen LogP contribution in [0.1, 0.15) is 6.42 Å². The number of hydrogen-bond donors (Lipinski definition) is 3. The van der Waals surface area contributed by atoms with Crippen molar-refractivity contribution in [3.8, 4) is 5.75 Å². The lowest BCUT2D eigenvalue weighted by Crippen LogP contribution is -2.39. The first-order valence-electron chi connectivity index (χ1n) is 5.38. The van der Waals surface area contributed by atoms with Crippen LogP contribution in [0, 0.1) is 5.82 Å². The van der Waals surface area contributed by atoms with Gasteiger partial charge in [0, 0.05) is 11.8 Å². The predicted molar refractivity (Wildman–Crippen MR) is 70.7 cm³/mol. The van der Waals surface area contributed by atoms with E-state index in [0.29, 0.717) is 0 Å². The lowest BCUT2D eigenvalue weighted by Gasteiger charge is -2.12. The van der Waals surface area contributed by atoms with Gasteiger partial charge in [-0.05, 0) is 12.1 Å². The monoisotopic (exact) mass is 327 g/mol. The molecule has 0 heterocycles. The molecule has 0 fully saturated rings. The quantitative estimate of drug-likeness (QED) is 0.724. The van der Waals surface area contributed by atoms with Gasteiger partial charge in [0.2, 0.25) is 11.8 Å². The van der Waals surface area contributed by atoms with Gasteiger partial charge in [-0.15, -0.1) is 12.4 Å². The predicted octanol–water partition coefficient (Wildman–Crippen LogP) is 0.990. The molecule has 1 atom stereocenters. The third kappa shape index (κ3) is 6.32. The SMILES string of the molecule is Cl.NC(=O)CC(N)C(=O)Nc1ccc(OC(F)F)c(F)c1. The molecule has 0 aromatic heterocycles. The summed E-state index contributed by atoms with van der Waals surface area (Å²) < 4.78 is 41.1. The molecule has 2 amide bonds. The standard InChI is InChI=1S/C11H12F3N3O3.ClH/c12-6-3-5(1-2-8(6)20-11(13)14)17-10(19)7(15)4-9(16)18;/h1-3,7,11H,4,15H2,(H2,16,18)(H,17,19);1H. The Morgan fingerprint density at radius 2 is 1.95 bits per heavy atom. The van der Waals surface area contributed by atoms with Crippen molar-refractivity contribution in [2.75, 3.05) is 5.32 Å². The van der Waals surface area contributed by atoms with Crippen LogP contribution in [0.5, 0.6) is 5.75 Å². The molecule has 1 unspecified atom stereocenters. The van der Waals surface area contributed by atoms with Crippen molar-refractivity contribution >= 4 is 29.9 Å². The van der Waals surface area contributed by atoms with Gasteiger partial charge in [-0.1, -0.05) is 0 Å². The molecule has 0 saturated heterocycles. The van der Waals surface area contributed by atoms with E-state index in [-0.39, 0.29) is 24.5 Å². The summed E-state index contributed by atoms with van der Waals surface area (Å²) >= 11 is 0. The fourth-order valence-electron chi connectivity index (χ4n) is 1.31. The van der Waals surface area contributed by atoms with Gasteiger partial charge in [-0.2, -0.15) is 8.78 Å². The van der Waals surface area contributed by atoms with Crippen molar-refractivity contribution in [1.82, 2.24) is 0 Å². The molecular weight excluding hydrogens is 315 g/mol. The second-order valence-electron chi connectivity index (χ2n) is 3.79. The molecule has 0 bridgehead atoms. The summed E-state index contributed by atoms with van der Waals surface area (Å²) in [6.45, 7) is -3.16. The minimum Gasteiger partial charge on any atom is -0.432 e. The normalized spacial score (nSPS) is 11.5. The van der Waals surface area contributed by atoms with Gasteiger partial charge in [0.15, 0.2) is 11.6 Å². The highest BCUT2D eigenvalue weighted by atomic mass is 35.5. The summed E-state index contributed by atoms with van der Waals surface area (Å²) in [5.41, 5.74) is 10.2. The van der Waals surface area contributed by atoms with E-state index < -0.39 is 36.0 Å². The molecule has 118 valence electrons. The number of nitrogens with one attached hydrogen (secondary N) is 1.